The van der Waals surface area contributed by atoms with E-state index < -0.39 is 16.6 Å². The van der Waals surface area contributed by atoms with Gasteiger partial charge in [-0.3, -0.25) is 0 Å². The van der Waals surface area contributed by atoms with Gasteiger partial charge >= 0.3 is 0 Å². The minimum Gasteiger partial charge on any atom is -0.410 e. The molecule has 0 fully saturated rings. The van der Waals surface area contributed by atoms with Crippen molar-refractivity contribution in [2.75, 3.05) is 11.5 Å². The second-order valence-electron chi connectivity index (χ2n) is 8.90. The van der Waals surface area contributed by atoms with Crippen LogP contribution < -0.4 is 0 Å². The van der Waals surface area contributed by atoms with Crippen molar-refractivity contribution in [3.8, 4) is 0 Å². The van der Waals surface area contributed by atoms with Crippen LogP contribution in [0.3, 0.4) is 0 Å². The van der Waals surface area contributed by atoms with Gasteiger partial charge in [0.25, 0.3) is 0 Å². The van der Waals surface area contributed by atoms with Crippen molar-refractivity contribution in [2.24, 2.45) is 0 Å². The molecule has 2 atom stereocenters. The van der Waals surface area contributed by atoms with Gasteiger partial charge in [0.1, 0.15) is 0 Å². The fourth-order valence-corrected chi connectivity index (χ4v) is 9.02. The lowest BCUT2D eigenvalue weighted by Crippen LogP contribution is -2.29. The molecule has 0 aliphatic carbocycles. The lowest BCUT2D eigenvalue weighted by Gasteiger charge is -2.27. The fourth-order valence-electron chi connectivity index (χ4n) is 2.80. The molecule has 0 radical (unpaired) electrons. The summed E-state index contributed by atoms with van der Waals surface area (Å²) in [5.41, 5.74) is 2.55. The summed E-state index contributed by atoms with van der Waals surface area (Å²) in [6.45, 7) is 13.5. The van der Waals surface area contributed by atoms with Crippen molar-refractivity contribution < 1.29 is 8.85 Å². The maximum Gasteiger partial charge on any atom is 0.184 e. The predicted octanol–water partition coefficient (Wildman–Crippen LogP) is 8.20. The van der Waals surface area contributed by atoms with Crippen LogP contribution in [-0.4, -0.2) is 28.1 Å². The summed E-state index contributed by atoms with van der Waals surface area (Å²) >= 11 is 0. The van der Waals surface area contributed by atoms with E-state index in [0.717, 1.165) is 11.5 Å². The van der Waals surface area contributed by atoms with Gasteiger partial charge in [-0.15, -0.1) is 0 Å². The summed E-state index contributed by atoms with van der Waals surface area (Å²) < 4.78 is 12.9. The van der Waals surface area contributed by atoms with Crippen LogP contribution in [0.15, 0.2) is 60.7 Å². The highest BCUT2D eigenvalue weighted by Crippen LogP contribution is 2.41. The predicted molar refractivity (Wildman–Crippen MR) is 140 cm³/mol. The molecule has 29 heavy (non-hydrogen) atoms. The van der Waals surface area contributed by atoms with Gasteiger partial charge in [0, 0.05) is 11.5 Å². The standard InChI is InChI=1S/C22H34O2S3Si2/c1-28(2,3)23-21(19-13-9-7-10-14-19)17-25-27-26-18-22(24-29(4,5)6)20-15-11-8-12-16-20/h7-16,21-22H,17-18H2,1-6H3. The van der Waals surface area contributed by atoms with Gasteiger partial charge in [0.15, 0.2) is 16.6 Å². The number of hydrogen-bond donors (Lipinski definition) is 0. The topological polar surface area (TPSA) is 18.5 Å². The fraction of sp³-hybridized carbons (Fsp3) is 0.455. The third-order valence-electron chi connectivity index (χ3n) is 3.87. The Bertz CT molecular complexity index is 642. The first-order chi connectivity index (χ1) is 13.6. The smallest absolute Gasteiger partial charge is 0.184 e. The van der Waals surface area contributed by atoms with Crippen molar-refractivity contribution >= 4 is 48.0 Å². The molecule has 160 valence electrons. The van der Waals surface area contributed by atoms with Crippen molar-refractivity contribution in [3.05, 3.63) is 71.8 Å². The summed E-state index contributed by atoms with van der Waals surface area (Å²) in [4.78, 5) is 0. The van der Waals surface area contributed by atoms with E-state index in [1.165, 1.54) is 11.1 Å². The van der Waals surface area contributed by atoms with E-state index in [9.17, 15) is 0 Å². The first kappa shape index (κ1) is 25.1. The first-order valence-electron chi connectivity index (χ1n) is 10.0. The van der Waals surface area contributed by atoms with Crippen molar-refractivity contribution in [1.29, 1.82) is 0 Å². The average molecular weight is 483 g/mol. The first-order valence-corrected chi connectivity index (χ1v) is 20.6. The molecule has 0 saturated carbocycles. The lowest BCUT2D eigenvalue weighted by atomic mass is 10.1. The van der Waals surface area contributed by atoms with Crippen LogP contribution in [0.25, 0.3) is 0 Å². The molecule has 2 unspecified atom stereocenters. The molecule has 7 heteroatoms. The zero-order valence-corrected chi connectivity index (χ0v) is 22.8. The van der Waals surface area contributed by atoms with Crippen LogP contribution in [0.2, 0.25) is 39.3 Å². The normalized spacial score (nSPS) is 14.6. The largest absolute Gasteiger partial charge is 0.410 e. The van der Waals surface area contributed by atoms with Crippen LogP contribution >= 0.6 is 31.4 Å². The van der Waals surface area contributed by atoms with Gasteiger partial charge in [-0.2, -0.15) is 0 Å². The molecule has 0 amide bonds. The Morgan fingerprint density at radius 2 is 0.966 bits per heavy atom. The summed E-state index contributed by atoms with van der Waals surface area (Å²) in [6.07, 6.45) is 0.313. The van der Waals surface area contributed by atoms with Gasteiger partial charge in [-0.25, -0.2) is 0 Å². The van der Waals surface area contributed by atoms with Crippen LogP contribution in [0, 0.1) is 0 Å². The minimum atomic E-state index is -1.61. The minimum absolute atomic E-state index is 0.157. The Kier molecular flexibility index (Phi) is 10.4. The maximum absolute atomic E-state index is 6.46. The second kappa shape index (κ2) is 12.0. The average Bonchev–Trinajstić information content (AvgIpc) is 2.65. The summed E-state index contributed by atoms with van der Waals surface area (Å²) in [6, 6.07) is 21.2. The van der Waals surface area contributed by atoms with E-state index in [0.29, 0.717) is 0 Å². The molecule has 0 aromatic heterocycles. The van der Waals surface area contributed by atoms with Crippen LogP contribution in [0.4, 0.5) is 0 Å². The van der Waals surface area contributed by atoms with Gasteiger partial charge in [-0.05, 0) is 60.2 Å². The summed E-state index contributed by atoms with van der Waals surface area (Å²) in [5.74, 6) is 1.91. The molecule has 0 N–H and O–H groups in total. The summed E-state index contributed by atoms with van der Waals surface area (Å²) in [5, 5.41) is 0. The van der Waals surface area contributed by atoms with E-state index in [1.54, 1.807) is 0 Å². The van der Waals surface area contributed by atoms with E-state index in [4.69, 9.17) is 8.85 Å². The zero-order chi connectivity index (χ0) is 21.3. The van der Waals surface area contributed by atoms with Crippen LogP contribution in [-0.2, 0) is 8.85 Å². The Labute approximate surface area is 191 Å². The Morgan fingerprint density at radius 1 is 0.621 bits per heavy atom. The molecular weight excluding hydrogens is 449 g/mol. The molecule has 2 aromatic rings. The maximum atomic E-state index is 6.46. The highest BCUT2D eigenvalue weighted by atomic mass is 33.5. The van der Waals surface area contributed by atoms with E-state index in [-0.39, 0.29) is 12.2 Å². The summed E-state index contributed by atoms with van der Waals surface area (Å²) in [7, 11) is 2.41. The molecular formula is C22H34O2S3Si2. The molecule has 2 rings (SSSR count). The van der Waals surface area contributed by atoms with Gasteiger partial charge in [0.2, 0.25) is 0 Å². The van der Waals surface area contributed by atoms with Gasteiger partial charge in [-0.1, -0.05) is 82.3 Å². The van der Waals surface area contributed by atoms with Crippen LogP contribution in [0.5, 0.6) is 0 Å². The molecule has 0 bridgehead atoms. The van der Waals surface area contributed by atoms with Crippen molar-refractivity contribution in [3.63, 3.8) is 0 Å². The van der Waals surface area contributed by atoms with Crippen molar-refractivity contribution in [1.82, 2.24) is 0 Å². The van der Waals surface area contributed by atoms with Crippen LogP contribution in [0.1, 0.15) is 23.3 Å². The quantitative estimate of drug-likeness (QED) is 0.172. The van der Waals surface area contributed by atoms with E-state index >= 15 is 0 Å². The number of rotatable bonds is 12. The highest BCUT2D eigenvalue weighted by Gasteiger charge is 2.24. The molecule has 0 aliphatic rings. The van der Waals surface area contributed by atoms with E-state index in [1.807, 2.05) is 31.4 Å². The second-order valence-corrected chi connectivity index (χ2v) is 22.1. The zero-order valence-electron chi connectivity index (χ0n) is 18.4. The SMILES string of the molecule is C[Si](C)(C)OC(CSSSCC(O[Si](C)(C)C)c1ccccc1)c1ccccc1. The number of hydrogen-bond acceptors (Lipinski definition) is 5. The van der Waals surface area contributed by atoms with E-state index in [2.05, 4.69) is 99.9 Å². The molecule has 2 nitrogen and oxygen atoms in total. The van der Waals surface area contributed by atoms with Crippen molar-refractivity contribution in [2.45, 2.75) is 51.5 Å². The lowest BCUT2D eigenvalue weighted by molar-refractivity contribution is 0.224. The molecule has 0 heterocycles. The Hall–Kier alpha value is -0.156. The van der Waals surface area contributed by atoms with Gasteiger partial charge in [0.05, 0.1) is 12.2 Å². The molecule has 0 saturated heterocycles. The molecule has 0 spiro atoms. The Balaban J connectivity index is 1.87. The monoisotopic (exact) mass is 482 g/mol. The molecule has 2 aromatic carbocycles. The highest BCUT2D eigenvalue weighted by molar-refractivity contribution is 9.09. The molecule has 0 aliphatic heterocycles. The Morgan fingerprint density at radius 3 is 1.28 bits per heavy atom. The number of benzene rings is 2. The third kappa shape index (κ3) is 10.6. The third-order valence-corrected chi connectivity index (χ3v) is 10.0. The van der Waals surface area contributed by atoms with Gasteiger partial charge < -0.3 is 8.85 Å².